The van der Waals surface area contributed by atoms with Crippen molar-refractivity contribution in [1.29, 1.82) is 0 Å². The smallest absolute Gasteiger partial charge is 0.261 e. The highest BCUT2D eigenvalue weighted by molar-refractivity contribution is 6.31. The summed E-state index contributed by atoms with van der Waals surface area (Å²) < 4.78 is 0. The maximum atomic E-state index is 12.3. The Hall–Kier alpha value is -2.66. The van der Waals surface area contributed by atoms with Gasteiger partial charge in [-0.05, 0) is 49.6 Å². The molecule has 0 saturated carbocycles. The van der Waals surface area contributed by atoms with Gasteiger partial charge in [0, 0.05) is 23.7 Å². The first-order chi connectivity index (χ1) is 15.5. The van der Waals surface area contributed by atoms with E-state index < -0.39 is 0 Å². The largest absolute Gasteiger partial charge is 0.326 e. The summed E-state index contributed by atoms with van der Waals surface area (Å²) in [6.07, 6.45) is 8.77. The molecule has 0 aliphatic carbocycles. The highest BCUT2D eigenvalue weighted by atomic mass is 35.5. The van der Waals surface area contributed by atoms with E-state index in [0.717, 1.165) is 62.6 Å². The molecule has 6 heteroatoms. The van der Waals surface area contributed by atoms with Gasteiger partial charge in [-0.3, -0.25) is 19.3 Å². The average molecular weight is 455 g/mol. The summed E-state index contributed by atoms with van der Waals surface area (Å²) in [5.74, 6) is -0.302. The monoisotopic (exact) mass is 454 g/mol. The first-order valence-corrected chi connectivity index (χ1v) is 11.9. The van der Waals surface area contributed by atoms with Gasteiger partial charge in [-0.25, -0.2) is 0 Å². The molecule has 2 aromatic rings. The average Bonchev–Trinajstić information content (AvgIpc) is 3.03. The number of hydrogen-bond donors (Lipinski definition) is 1. The summed E-state index contributed by atoms with van der Waals surface area (Å²) in [5, 5.41) is 3.59. The van der Waals surface area contributed by atoms with Crippen LogP contribution in [-0.2, 0) is 4.79 Å². The van der Waals surface area contributed by atoms with Crippen molar-refractivity contribution in [3.05, 3.63) is 64.2 Å². The first kappa shape index (κ1) is 24.0. The summed E-state index contributed by atoms with van der Waals surface area (Å²) >= 11 is 6.09. The van der Waals surface area contributed by atoms with Crippen LogP contribution in [0.1, 0.15) is 84.1 Å². The van der Waals surface area contributed by atoms with Gasteiger partial charge in [-0.1, -0.05) is 68.3 Å². The Morgan fingerprint density at radius 1 is 0.812 bits per heavy atom. The van der Waals surface area contributed by atoms with Gasteiger partial charge in [-0.15, -0.1) is 0 Å². The Labute approximate surface area is 195 Å². The van der Waals surface area contributed by atoms with Gasteiger partial charge in [0.05, 0.1) is 11.1 Å². The number of unbranched alkanes of at least 4 members (excludes halogenated alkanes) is 7. The minimum atomic E-state index is -0.167. The molecule has 170 valence electrons. The Morgan fingerprint density at radius 2 is 1.38 bits per heavy atom. The van der Waals surface area contributed by atoms with E-state index in [-0.39, 0.29) is 17.7 Å². The maximum Gasteiger partial charge on any atom is 0.261 e. The Balaban J connectivity index is 1.20. The molecule has 3 amide bonds. The van der Waals surface area contributed by atoms with Crippen molar-refractivity contribution in [2.24, 2.45) is 0 Å². The van der Waals surface area contributed by atoms with Gasteiger partial charge in [0.2, 0.25) is 5.91 Å². The lowest BCUT2D eigenvalue weighted by Crippen LogP contribution is -2.30. The van der Waals surface area contributed by atoms with Crippen molar-refractivity contribution in [2.75, 3.05) is 11.9 Å². The Kier molecular flexibility index (Phi) is 8.86. The fraction of sp³-hybridized carbons (Fsp3) is 0.423. The standard InChI is InChI=1S/C26H31ClN2O3/c1-19-22(27)15-12-16-23(19)28-24(30)17-8-6-4-2-3-5-7-11-18-29-25(31)20-13-9-10-14-21(20)26(29)32/h9-10,12-16H,2-8,11,17-18H2,1H3,(H,28,30). The number of imide groups is 1. The molecule has 0 aromatic heterocycles. The molecule has 32 heavy (non-hydrogen) atoms. The third-order valence-corrected chi connectivity index (χ3v) is 6.36. The van der Waals surface area contributed by atoms with E-state index in [1.54, 1.807) is 24.3 Å². The normalized spacial score (nSPS) is 12.9. The summed E-state index contributed by atoms with van der Waals surface area (Å²) in [7, 11) is 0. The molecule has 0 atom stereocenters. The number of amides is 3. The molecular formula is C26H31ClN2O3. The second-order valence-corrected chi connectivity index (χ2v) is 8.75. The summed E-state index contributed by atoms with van der Waals surface area (Å²) in [4.78, 5) is 38.1. The van der Waals surface area contributed by atoms with Gasteiger partial charge in [-0.2, -0.15) is 0 Å². The zero-order valence-corrected chi connectivity index (χ0v) is 19.4. The van der Waals surface area contributed by atoms with Gasteiger partial charge in [0.25, 0.3) is 11.8 Å². The highest BCUT2D eigenvalue weighted by Gasteiger charge is 2.34. The van der Waals surface area contributed by atoms with E-state index in [1.807, 2.05) is 25.1 Å². The number of anilines is 1. The molecular weight excluding hydrogens is 424 g/mol. The van der Waals surface area contributed by atoms with Gasteiger partial charge in [0.15, 0.2) is 0 Å². The van der Waals surface area contributed by atoms with Crippen molar-refractivity contribution < 1.29 is 14.4 Å². The Morgan fingerprint density at radius 3 is 2.00 bits per heavy atom. The zero-order valence-electron chi connectivity index (χ0n) is 18.7. The molecule has 0 saturated heterocycles. The molecule has 3 rings (SSSR count). The Bertz CT molecular complexity index is 938. The predicted molar refractivity (Wildman–Crippen MR) is 128 cm³/mol. The third kappa shape index (κ3) is 6.19. The topological polar surface area (TPSA) is 66.5 Å². The van der Waals surface area contributed by atoms with E-state index in [2.05, 4.69) is 5.32 Å². The minimum Gasteiger partial charge on any atom is -0.326 e. The number of fused-ring (bicyclic) bond motifs is 1. The van der Waals surface area contributed by atoms with Crippen molar-refractivity contribution in [3.8, 4) is 0 Å². The van der Waals surface area contributed by atoms with E-state index >= 15 is 0 Å². The van der Waals surface area contributed by atoms with Crippen LogP contribution >= 0.6 is 11.6 Å². The van der Waals surface area contributed by atoms with E-state index in [1.165, 1.54) is 4.90 Å². The molecule has 0 unspecified atom stereocenters. The predicted octanol–water partition coefficient (Wildman–Crippen LogP) is 6.39. The summed E-state index contributed by atoms with van der Waals surface area (Å²) in [6, 6.07) is 12.5. The van der Waals surface area contributed by atoms with Gasteiger partial charge >= 0.3 is 0 Å². The van der Waals surface area contributed by atoms with Crippen LogP contribution in [0.2, 0.25) is 5.02 Å². The molecule has 1 aliphatic rings. The number of benzene rings is 2. The van der Waals surface area contributed by atoms with Crippen LogP contribution in [0.15, 0.2) is 42.5 Å². The fourth-order valence-corrected chi connectivity index (χ4v) is 4.19. The molecule has 1 heterocycles. The SMILES string of the molecule is Cc1c(Cl)cccc1NC(=O)CCCCCCCCCCN1C(=O)c2ccccc2C1=O. The number of carbonyl (C=O) groups excluding carboxylic acids is 3. The molecule has 0 bridgehead atoms. The number of rotatable bonds is 12. The second-order valence-electron chi connectivity index (χ2n) is 8.35. The highest BCUT2D eigenvalue weighted by Crippen LogP contribution is 2.24. The molecule has 1 aliphatic heterocycles. The van der Waals surface area contributed by atoms with Crippen molar-refractivity contribution in [1.82, 2.24) is 4.90 Å². The van der Waals surface area contributed by atoms with Crippen LogP contribution < -0.4 is 5.32 Å². The maximum absolute atomic E-state index is 12.3. The number of nitrogens with zero attached hydrogens (tertiary/aromatic N) is 1. The van der Waals surface area contributed by atoms with E-state index in [0.29, 0.717) is 29.1 Å². The fourth-order valence-electron chi connectivity index (χ4n) is 4.01. The molecule has 0 radical (unpaired) electrons. The van der Waals surface area contributed by atoms with Gasteiger partial charge in [0.1, 0.15) is 0 Å². The number of halogens is 1. The molecule has 1 N–H and O–H groups in total. The first-order valence-electron chi connectivity index (χ1n) is 11.5. The molecule has 0 fully saturated rings. The zero-order chi connectivity index (χ0) is 22.9. The lowest BCUT2D eigenvalue weighted by Gasteiger charge is -2.13. The second kappa shape index (κ2) is 11.8. The van der Waals surface area contributed by atoms with Crippen LogP contribution in [0, 0.1) is 6.92 Å². The van der Waals surface area contributed by atoms with Crippen LogP contribution in [0.3, 0.4) is 0 Å². The van der Waals surface area contributed by atoms with Crippen LogP contribution in [0.4, 0.5) is 5.69 Å². The van der Waals surface area contributed by atoms with E-state index in [9.17, 15) is 14.4 Å². The number of hydrogen-bond acceptors (Lipinski definition) is 3. The quantitative estimate of drug-likeness (QED) is 0.298. The molecule has 0 spiro atoms. The van der Waals surface area contributed by atoms with Crippen molar-refractivity contribution in [3.63, 3.8) is 0 Å². The third-order valence-electron chi connectivity index (χ3n) is 5.96. The van der Waals surface area contributed by atoms with E-state index in [4.69, 9.17) is 11.6 Å². The van der Waals surface area contributed by atoms with Crippen molar-refractivity contribution in [2.45, 2.75) is 64.7 Å². The number of carbonyl (C=O) groups is 3. The van der Waals surface area contributed by atoms with Gasteiger partial charge < -0.3 is 5.32 Å². The lowest BCUT2D eigenvalue weighted by atomic mass is 10.1. The molecule has 5 nitrogen and oxygen atoms in total. The van der Waals surface area contributed by atoms with Crippen LogP contribution in [-0.4, -0.2) is 29.2 Å². The van der Waals surface area contributed by atoms with Crippen LogP contribution in [0.5, 0.6) is 0 Å². The lowest BCUT2D eigenvalue weighted by molar-refractivity contribution is -0.116. The van der Waals surface area contributed by atoms with Crippen LogP contribution in [0.25, 0.3) is 0 Å². The summed E-state index contributed by atoms with van der Waals surface area (Å²) in [5.41, 5.74) is 2.72. The number of nitrogens with one attached hydrogen (secondary N) is 1. The summed E-state index contributed by atoms with van der Waals surface area (Å²) in [6.45, 7) is 2.39. The molecule has 2 aromatic carbocycles. The van der Waals surface area contributed by atoms with Crippen molar-refractivity contribution >= 4 is 35.0 Å². The minimum absolute atomic E-state index is 0.0310.